The van der Waals surface area contributed by atoms with E-state index in [4.69, 9.17) is 0 Å². The van der Waals surface area contributed by atoms with Crippen molar-refractivity contribution in [1.29, 1.82) is 0 Å². The normalized spacial score (nSPS) is 20.0. The van der Waals surface area contributed by atoms with E-state index in [1.165, 1.54) is 0 Å². The van der Waals surface area contributed by atoms with Gasteiger partial charge in [-0.1, -0.05) is 0 Å². The number of halogens is 4. The Morgan fingerprint density at radius 3 is 2.59 bits per heavy atom. The first kappa shape index (κ1) is 11.7. The number of rotatable bonds is 1. The standard InChI is InChI=1S/C10H7F4NO2/c11-5-1-2-7(10(12,13)14)6(3-5)8-4-17-9(16)15-8/h1-3,8H,4H2,(H,15,16). The summed E-state index contributed by atoms with van der Waals surface area (Å²) in [5.41, 5.74) is -1.31. The van der Waals surface area contributed by atoms with Crippen LogP contribution in [0.4, 0.5) is 22.4 Å². The summed E-state index contributed by atoms with van der Waals surface area (Å²) in [7, 11) is 0. The highest BCUT2D eigenvalue weighted by Crippen LogP contribution is 2.35. The molecule has 0 radical (unpaired) electrons. The first-order valence-electron chi connectivity index (χ1n) is 4.68. The van der Waals surface area contributed by atoms with Crippen LogP contribution in [0.15, 0.2) is 18.2 Å². The molecule has 1 atom stereocenters. The zero-order valence-electron chi connectivity index (χ0n) is 8.34. The van der Waals surface area contributed by atoms with Crippen molar-refractivity contribution in [3.05, 3.63) is 35.1 Å². The van der Waals surface area contributed by atoms with Gasteiger partial charge in [-0.15, -0.1) is 0 Å². The van der Waals surface area contributed by atoms with E-state index in [1.807, 2.05) is 0 Å². The molecule has 0 spiro atoms. The fraction of sp³-hybridized carbons (Fsp3) is 0.300. The molecule has 1 amide bonds. The molecular formula is C10H7F4NO2. The van der Waals surface area contributed by atoms with E-state index in [9.17, 15) is 22.4 Å². The monoisotopic (exact) mass is 249 g/mol. The number of alkyl carbamates (subject to hydrolysis) is 1. The summed E-state index contributed by atoms with van der Waals surface area (Å²) in [5.74, 6) is -0.797. The molecule has 1 aliphatic heterocycles. The minimum atomic E-state index is -4.60. The van der Waals surface area contributed by atoms with Gasteiger partial charge in [-0.25, -0.2) is 9.18 Å². The van der Waals surface area contributed by atoms with Gasteiger partial charge in [0.1, 0.15) is 12.4 Å². The van der Waals surface area contributed by atoms with E-state index in [-0.39, 0.29) is 12.2 Å². The molecule has 1 heterocycles. The van der Waals surface area contributed by atoms with Crippen molar-refractivity contribution in [3.8, 4) is 0 Å². The second kappa shape index (κ2) is 3.90. The fourth-order valence-electron chi connectivity index (χ4n) is 1.63. The molecular weight excluding hydrogens is 242 g/mol. The number of nitrogens with one attached hydrogen (secondary N) is 1. The smallest absolute Gasteiger partial charge is 0.416 e. The molecule has 0 aliphatic carbocycles. The quantitative estimate of drug-likeness (QED) is 0.777. The van der Waals surface area contributed by atoms with Crippen LogP contribution in [0.2, 0.25) is 0 Å². The third-order valence-corrected chi connectivity index (χ3v) is 2.37. The van der Waals surface area contributed by atoms with Gasteiger partial charge < -0.3 is 10.1 Å². The van der Waals surface area contributed by atoms with Crippen LogP contribution in [0.3, 0.4) is 0 Å². The minimum absolute atomic E-state index is 0.245. The van der Waals surface area contributed by atoms with Crippen LogP contribution < -0.4 is 5.32 Å². The highest BCUT2D eigenvalue weighted by molar-refractivity contribution is 5.70. The number of benzene rings is 1. The van der Waals surface area contributed by atoms with Crippen molar-refractivity contribution in [2.75, 3.05) is 6.61 Å². The molecule has 7 heteroatoms. The fourth-order valence-corrected chi connectivity index (χ4v) is 1.63. The Kier molecular flexibility index (Phi) is 2.68. The topological polar surface area (TPSA) is 38.3 Å². The van der Waals surface area contributed by atoms with Crippen molar-refractivity contribution in [3.63, 3.8) is 0 Å². The molecule has 2 rings (SSSR count). The third-order valence-electron chi connectivity index (χ3n) is 2.37. The molecule has 1 aromatic carbocycles. The maximum absolute atomic E-state index is 13.0. The van der Waals surface area contributed by atoms with Gasteiger partial charge in [-0.3, -0.25) is 0 Å². The maximum atomic E-state index is 13.0. The largest absolute Gasteiger partial charge is 0.447 e. The predicted octanol–water partition coefficient (Wildman–Crippen LogP) is 2.63. The number of hydrogen-bond donors (Lipinski definition) is 1. The Morgan fingerprint density at radius 1 is 1.35 bits per heavy atom. The number of cyclic esters (lactones) is 1. The lowest BCUT2D eigenvalue weighted by Crippen LogP contribution is -2.22. The van der Waals surface area contributed by atoms with Crippen LogP contribution in [-0.4, -0.2) is 12.7 Å². The van der Waals surface area contributed by atoms with E-state index >= 15 is 0 Å². The summed E-state index contributed by atoms with van der Waals surface area (Å²) in [6.07, 6.45) is -5.41. The molecule has 1 saturated heterocycles. The van der Waals surface area contributed by atoms with Gasteiger partial charge >= 0.3 is 12.3 Å². The van der Waals surface area contributed by atoms with Crippen LogP contribution in [0.25, 0.3) is 0 Å². The van der Waals surface area contributed by atoms with E-state index in [0.29, 0.717) is 6.07 Å². The van der Waals surface area contributed by atoms with Crippen molar-refractivity contribution >= 4 is 6.09 Å². The lowest BCUT2D eigenvalue weighted by molar-refractivity contribution is -0.138. The van der Waals surface area contributed by atoms with E-state index in [2.05, 4.69) is 10.1 Å². The summed E-state index contributed by atoms with van der Waals surface area (Å²) in [5, 5.41) is 2.18. The Bertz CT molecular complexity index is 458. The highest BCUT2D eigenvalue weighted by atomic mass is 19.4. The molecule has 1 N–H and O–H groups in total. The molecule has 1 fully saturated rings. The molecule has 92 valence electrons. The van der Waals surface area contributed by atoms with E-state index in [0.717, 1.165) is 12.1 Å². The number of hydrogen-bond acceptors (Lipinski definition) is 2. The molecule has 1 aliphatic rings. The number of carbonyl (C=O) groups excluding carboxylic acids is 1. The lowest BCUT2D eigenvalue weighted by Gasteiger charge is -2.16. The Balaban J connectivity index is 2.44. The van der Waals surface area contributed by atoms with Crippen molar-refractivity contribution < 1.29 is 27.1 Å². The molecule has 3 nitrogen and oxygen atoms in total. The van der Waals surface area contributed by atoms with Gasteiger partial charge in [0.25, 0.3) is 0 Å². The zero-order chi connectivity index (χ0) is 12.6. The molecule has 0 bridgehead atoms. The van der Waals surface area contributed by atoms with Gasteiger partial charge in [-0.05, 0) is 23.8 Å². The highest BCUT2D eigenvalue weighted by Gasteiger charge is 2.37. The van der Waals surface area contributed by atoms with Crippen molar-refractivity contribution in [2.45, 2.75) is 12.2 Å². The van der Waals surface area contributed by atoms with Gasteiger partial charge in [0.15, 0.2) is 0 Å². The van der Waals surface area contributed by atoms with Gasteiger partial charge in [0, 0.05) is 0 Å². The number of carbonyl (C=O) groups is 1. The van der Waals surface area contributed by atoms with Crippen LogP contribution in [-0.2, 0) is 10.9 Å². The molecule has 1 unspecified atom stereocenters. The Labute approximate surface area is 93.4 Å². The second-order valence-electron chi connectivity index (χ2n) is 3.52. The summed E-state index contributed by atoms with van der Waals surface area (Å²) in [6.45, 7) is -0.245. The van der Waals surface area contributed by atoms with E-state index in [1.54, 1.807) is 0 Å². The predicted molar refractivity (Wildman–Crippen MR) is 48.6 cm³/mol. The summed E-state index contributed by atoms with van der Waals surface area (Å²) in [6, 6.07) is 1.15. The van der Waals surface area contributed by atoms with Crippen molar-refractivity contribution in [2.24, 2.45) is 0 Å². The molecule has 17 heavy (non-hydrogen) atoms. The first-order valence-corrected chi connectivity index (χ1v) is 4.68. The van der Waals surface area contributed by atoms with Crippen LogP contribution in [0.1, 0.15) is 17.2 Å². The lowest BCUT2D eigenvalue weighted by atomic mass is 10.0. The summed E-state index contributed by atoms with van der Waals surface area (Å²) < 4.78 is 55.4. The zero-order valence-corrected chi connectivity index (χ0v) is 8.34. The van der Waals surface area contributed by atoms with Gasteiger partial charge in [0.05, 0.1) is 11.6 Å². The third kappa shape index (κ3) is 2.32. The average molecular weight is 249 g/mol. The maximum Gasteiger partial charge on any atom is 0.416 e. The van der Waals surface area contributed by atoms with Gasteiger partial charge in [0.2, 0.25) is 0 Å². The first-order chi connectivity index (χ1) is 7.88. The minimum Gasteiger partial charge on any atom is -0.447 e. The van der Waals surface area contributed by atoms with E-state index < -0.39 is 29.7 Å². The summed E-state index contributed by atoms with van der Waals surface area (Å²) in [4.78, 5) is 10.8. The number of amides is 1. The van der Waals surface area contributed by atoms with Crippen LogP contribution in [0.5, 0.6) is 0 Å². The average Bonchev–Trinajstić information content (AvgIpc) is 2.62. The SMILES string of the molecule is O=C1NC(c2cc(F)ccc2C(F)(F)F)CO1. The van der Waals surface area contributed by atoms with Gasteiger partial charge in [-0.2, -0.15) is 13.2 Å². The van der Waals surface area contributed by atoms with Crippen molar-refractivity contribution in [1.82, 2.24) is 5.32 Å². The number of ether oxygens (including phenoxy) is 1. The molecule has 0 saturated carbocycles. The van der Waals surface area contributed by atoms with Crippen LogP contribution in [0, 0.1) is 5.82 Å². The Hall–Kier alpha value is -1.79. The number of alkyl halides is 3. The van der Waals surface area contributed by atoms with Crippen LogP contribution >= 0.6 is 0 Å². The second-order valence-corrected chi connectivity index (χ2v) is 3.52. The molecule has 0 aromatic heterocycles. The Morgan fingerprint density at radius 2 is 2.06 bits per heavy atom. The summed E-state index contributed by atoms with van der Waals surface area (Å²) >= 11 is 0. The molecule has 1 aromatic rings.